The van der Waals surface area contributed by atoms with Crippen LogP contribution >= 0.6 is 0 Å². The molecular formula is C18H36N2O. The number of nitrogens with one attached hydrogen (secondary N) is 1. The molecule has 124 valence electrons. The quantitative estimate of drug-likeness (QED) is 0.758. The molecule has 3 heteroatoms. The number of piperidine rings is 1. The summed E-state index contributed by atoms with van der Waals surface area (Å²) in [5.74, 6) is 1.69. The Kier molecular flexibility index (Phi) is 7.48. The Morgan fingerprint density at radius 3 is 2.81 bits per heavy atom. The molecule has 1 aliphatic carbocycles. The lowest BCUT2D eigenvalue weighted by molar-refractivity contribution is 0.0746. The van der Waals surface area contributed by atoms with Crippen molar-refractivity contribution in [1.82, 2.24) is 10.2 Å². The van der Waals surface area contributed by atoms with E-state index in [0.717, 1.165) is 30.8 Å². The van der Waals surface area contributed by atoms with Gasteiger partial charge >= 0.3 is 0 Å². The number of aliphatic hydroxyl groups excluding tert-OH is 1. The van der Waals surface area contributed by atoms with Crippen molar-refractivity contribution in [2.75, 3.05) is 26.2 Å². The first-order valence-electron chi connectivity index (χ1n) is 9.32. The minimum absolute atomic E-state index is 0.347. The normalized spacial score (nSPS) is 35.0. The van der Waals surface area contributed by atoms with Crippen LogP contribution in [0.2, 0.25) is 0 Å². The summed E-state index contributed by atoms with van der Waals surface area (Å²) in [5, 5.41) is 13.1. The van der Waals surface area contributed by atoms with E-state index in [0.29, 0.717) is 12.6 Å². The highest BCUT2D eigenvalue weighted by Crippen LogP contribution is 2.31. The molecule has 2 N–H and O–H groups in total. The van der Waals surface area contributed by atoms with Crippen molar-refractivity contribution in [2.45, 2.75) is 77.3 Å². The molecule has 0 aromatic rings. The van der Waals surface area contributed by atoms with Crippen LogP contribution in [0.3, 0.4) is 0 Å². The zero-order chi connectivity index (χ0) is 15.1. The molecule has 4 unspecified atom stereocenters. The molecule has 0 radical (unpaired) electrons. The molecule has 2 fully saturated rings. The number of rotatable bonds is 7. The van der Waals surface area contributed by atoms with Crippen molar-refractivity contribution in [3.8, 4) is 0 Å². The van der Waals surface area contributed by atoms with Gasteiger partial charge < -0.3 is 10.4 Å². The van der Waals surface area contributed by atoms with Crippen molar-refractivity contribution in [2.24, 2.45) is 11.8 Å². The van der Waals surface area contributed by atoms with Crippen molar-refractivity contribution in [1.29, 1.82) is 0 Å². The second kappa shape index (κ2) is 9.12. The third-order valence-electron chi connectivity index (χ3n) is 5.58. The standard InChI is InChI=1S/C18H36N2O/c1-3-10-19-18-8-7-15(2)13-16(18)14-20-11-5-4-6-17(20)9-12-21/h15-19,21H,3-14H2,1-2H3. The molecule has 0 bridgehead atoms. The van der Waals surface area contributed by atoms with Gasteiger partial charge in [-0.2, -0.15) is 0 Å². The number of aliphatic hydroxyl groups is 1. The topological polar surface area (TPSA) is 35.5 Å². The van der Waals surface area contributed by atoms with Crippen LogP contribution in [0, 0.1) is 11.8 Å². The smallest absolute Gasteiger partial charge is 0.0445 e. The summed E-state index contributed by atoms with van der Waals surface area (Å²) in [6.45, 7) is 8.68. The molecule has 4 atom stereocenters. The number of hydrogen-bond acceptors (Lipinski definition) is 3. The SMILES string of the molecule is CCCNC1CCC(C)CC1CN1CCCCC1CCO. The zero-order valence-electron chi connectivity index (χ0n) is 14.2. The van der Waals surface area contributed by atoms with E-state index in [1.807, 2.05) is 0 Å². The molecule has 1 saturated carbocycles. The molecule has 0 spiro atoms. The third-order valence-corrected chi connectivity index (χ3v) is 5.58. The van der Waals surface area contributed by atoms with Gasteiger partial charge in [0.15, 0.2) is 0 Å². The average Bonchev–Trinajstić information content (AvgIpc) is 2.49. The van der Waals surface area contributed by atoms with E-state index in [1.165, 1.54) is 58.0 Å². The second-order valence-corrected chi connectivity index (χ2v) is 7.40. The molecule has 0 amide bonds. The Morgan fingerprint density at radius 1 is 1.19 bits per heavy atom. The van der Waals surface area contributed by atoms with Gasteiger partial charge in [-0.05, 0) is 69.9 Å². The van der Waals surface area contributed by atoms with Crippen molar-refractivity contribution in [3.63, 3.8) is 0 Å². The monoisotopic (exact) mass is 296 g/mol. The van der Waals surface area contributed by atoms with E-state index in [9.17, 15) is 5.11 Å². The maximum atomic E-state index is 9.31. The third kappa shape index (κ3) is 5.22. The van der Waals surface area contributed by atoms with Crippen LogP contribution in [0.5, 0.6) is 0 Å². The number of hydrogen-bond donors (Lipinski definition) is 2. The first-order valence-corrected chi connectivity index (χ1v) is 9.32. The van der Waals surface area contributed by atoms with E-state index in [-0.39, 0.29) is 0 Å². The molecule has 1 saturated heterocycles. The predicted molar refractivity (Wildman–Crippen MR) is 89.5 cm³/mol. The fraction of sp³-hybridized carbons (Fsp3) is 1.00. The lowest BCUT2D eigenvalue weighted by Crippen LogP contribution is -2.49. The summed E-state index contributed by atoms with van der Waals surface area (Å²) in [5.41, 5.74) is 0. The predicted octanol–water partition coefficient (Wildman–Crippen LogP) is 3.03. The lowest BCUT2D eigenvalue weighted by Gasteiger charge is -2.42. The van der Waals surface area contributed by atoms with Gasteiger partial charge in [-0.25, -0.2) is 0 Å². The van der Waals surface area contributed by atoms with Gasteiger partial charge in [-0.15, -0.1) is 0 Å². The van der Waals surface area contributed by atoms with Crippen molar-refractivity contribution >= 4 is 0 Å². The van der Waals surface area contributed by atoms with Crippen LogP contribution in [0.4, 0.5) is 0 Å². The average molecular weight is 296 g/mol. The fourth-order valence-corrected chi connectivity index (χ4v) is 4.38. The van der Waals surface area contributed by atoms with E-state index < -0.39 is 0 Å². The number of likely N-dealkylation sites (tertiary alicyclic amines) is 1. The van der Waals surface area contributed by atoms with Crippen molar-refractivity contribution < 1.29 is 5.11 Å². The van der Waals surface area contributed by atoms with Gasteiger partial charge in [-0.3, -0.25) is 4.90 Å². The van der Waals surface area contributed by atoms with Crippen LogP contribution in [-0.4, -0.2) is 48.3 Å². The first-order chi connectivity index (χ1) is 10.2. The highest BCUT2D eigenvalue weighted by atomic mass is 16.3. The molecule has 3 nitrogen and oxygen atoms in total. The van der Waals surface area contributed by atoms with Crippen LogP contribution < -0.4 is 5.32 Å². The Balaban J connectivity index is 1.92. The minimum Gasteiger partial charge on any atom is -0.396 e. The summed E-state index contributed by atoms with van der Waals surface area (Å²) in [6.07, 6.45) is 10.3. The fourth-order valence-electron chi connectivity index (χ4n) is 4.38. The van der Waals surface area contributed by atoms with Gasteiger partial charge in [0.1, 0.15) is 0 Å². The largest absolute Gasteiger partial charge is 0.396 e. The maximum absolute atomic E-state index is 9.31. The Labute approximate surface area is 131 Å². The van der Waals surface area contributed by atoms with Crippen LogP contribution in [-0.2, 0) is 0 Å². The highest BCUT2D eigenvalue weighted by molar-refractivity contribution is 4.88. The first kappa shape index (κ1) is 17.2. The molecule has 2 rings (SSSR count). The highest BCUT2D eigenvalue weighted by Gasteiger charge is 2.32. The molecule has 0 aromatic carbocycles. The summed E-state index contributed by atoms with van der Waals surface area (Å²) in [6, 6.07) is 1.35. The number of nitrogens with zero attached hydrogens (tertiary/aromatic N) is 1. The zero-order valence-corrected chi connectivity index (χ0v) is 14.2. The van der Waals surface area contributed by atoms with E-state index in [1.54, 1.807) is 0 Å². The maximum Gasteiger partial charge on any atom is 0.0445 e. The van der Waals surface area contributed by atoms with Crippen LogP contribution in [0.1, 0.15) is 65.2 Å². The van der Waals surface area contributed by atoms with Gasteiger partial charge in [0.25, 0.3) is 0 Å². The summed E-state index contributed by atoms with van der Waals surface area (Å²) in [4.78, 5) is 2.70. The summed E-state index contributed by atoms with van der Waals surface area (Å²) in [7, 11) is 0. The molecule has 0 aromatic heterocycles. The summed E-state index contributed by atoms with van der Waals surface area (Å²) < 4.78 is 0. The lowest BCUT2D eigenvalue weighted by atomic mass is 9.78. The molecule has 2 aliphatic rings. The van der Waals surface area contributed by atoms with Gasteiger partial charge in [-0.1, -0.05) is 20.3 Å². The van der Waals surface area contributed by atoms with E-state index in [2.05, 4.69) is 24.1 Å². The van der Waals surface area contributed by atoms with Gasteiger partial charge in [0, 0.05) is 25.2 Å². The molecule has 21 heavy (non-hydrogen) atoms. The molecular weight excluding hydrogens is 260 g/mol. The Bertz CT molecular complexity index is 280. The Hall–Kier alpha value is -0.120. The van der Waals surface area contributed by atoms with E-state index in [4.69, 9.17) is 0 Å². The summed E-state index contributed by atoms with van der Waals surface area (Å²) >= 11 is 0. The molecule has 1 heterocycles. The van der Waals surface area contributed by atoms with Crippen LogP contribution in [0.15, 0.2) is 0 Å². The van der Waals surface area contributed by atoms with Gasteiger partial charge in [0.2, 0.25) is 0 Å². The van der Waals surface area contributed by atoms with Gasteiger partial charge in [0.05, 0.1) is 0 Å². The second-order valence-electron chi connectivity index (χ2n) is 7.40. The molecule has 1 aliphatic heterocycles. The van der Waals surface area contributed by atoms with Crippen LogP contribution in [0.25, 0.3) is 0 Å². The van der Waals surface area contributed by atoms with Crippen molar-refractivity contribution in [3.05, 3.63) is 0 Å². The Morgan fingerprint density at radius 2 is 2.05 bits per heavy atom. The van der Waals surface area contributed by atoms with E-state index >= 15 is 0 Å². The minimum atomic E-state index is 0.347.